The van der Waals surface area contributed by atoms with Gasteiger partial charge in [-0.2, -0.15) is 11.3 Å². The van der Waals surface area contributed by atoms with Crippen LogP contribution in [0.3, 0.4) is 0 Å². The van der Waals surface area contributed by atoms with Crippen molar-refractivity contribution in [3.63, 3.8) is 0 Å². The van der Waals surface area contributed by atoms with Crippen LogP contribution in [0.1, 0.15) is 24.0 Å². The molecule has 0 bridgehead atoms. The Morgan fingerprint density at radius 1 is 1.28 bits per heavy atom. The molecule has 0 amide bonds. The summed E-state index contributed by atoms with van der Waals surface area (Å²) < 4.78 is 0. The van der Waals surface area contributed by atoms with Crippen LogP contribution in [0.15, 0.2) is 35.2 Å². The Bertz CT molecular complexity index is 488. The van der Waals surface area contributed by atoms with Crippen molar-refractivity contribution < 1.29 is 0 Å². The summed E-state index contributed by atoms with van der Waals surface area (Å²) in [6.07, 6.45) is 4.45. The molecule has 1 aliphatic carbocycles. The van der Waals surface area contributed by atoms with Gasteiger partial charge in [0.15, 0.2) is 0 Å². The topological polar surface area (TPSA) is 42.1 Å². The summed E-state index contributed by atoms with van der Waals surface area (Å²) in [6, 6.07) is 7.02. The van der Waals surface area contributed by atoms with Gasteiger partial charge in [-0.25, -0.2) is 4.98 Å². The van der Waals surface area contributed by atoms with E-state index in [9.17, 15) is 0 Å². The number of nitrogens with zero attached hydrogens (tertiary/aromatic N) is 2. The summed E-state index contributed by atoms with van der Waals surface area (Å²) >= 11 is 1.75. The maximum atomic E-state index is 5.61. The highest BCUT2D eigenvalue weighted by Gasteiger charge is 2.30. The van der Waals surface area contributed by atoms with Crippen LogP contribution in [-0.2, 0) is 13.1 Å². The van der Waals surface area contributed by atoms with E-state index >= 15 is 0 Å². The number of nitrogens with two attached hydrogens (primary N) is 1. The second-order valence-corrected chi connectivity index (χ2v) is 5.50. The highest BCUT2D eigenvalue weighted by molar-refractivity contribution is 7.07. The molecule has 2 heterocycles. The Balaban J connectivity index is 1.80. The molecule has 1 aliphatic rings. The number of hydrogen-bond acceptors (Lipinski definition) is 4. The third-order valence-electron chi connectivity index (χ3n) is 3.26. The molecular weight excluding hydrogens is 242 g/mol. The fourth-order valence-corrected chi connectivity index (χ4v) is 2.73. The van der Waals surface area contributed by atoms with Crippen LogP contribution < -0.4 is 10.6 Å². The van der Waals surface area contributed by atoms with Crippen molar-refractivity contribution in [1.29, 1.82) is 0 Å². The molecule has 3 rings (SSSR count). The molecule has 1 fully saturated rings. The van der Waals surface area contributed by atoms with Crippen LogP contribution in [-0.4, -0.2) is 11.0 Å². The fourth-order valence-electron chi connectivity index (χ4n) is 2.07. The largest absolute Gasteiger partial charge is 0.349 e. The molecule has 0 spiro atoms. The van der Waals surface area contributed by atoms with Gasteiger partial charge in [0.1, 0.15) is 5.82 Å². The van der Waals surface area contributed by atoms with E-state index in [4.69, 9.17) is 5.73 Å². The second kappa shape index (κ2) is 5.08. The first-order chi connectivity index (χ1) is 8.86. The molecule has 0 saturated heterocycles. The molecule has 4 heteroatoms. The molecule has 2 aromatic heterocycles. The summed E-state index contributed by atoms with van der Waals surface area (Å²) in [7, 11) is 0. The maximum Gasteiger partial charge on any atom is 0.129 e. The number of anilines is 1. The fraction of sp³-hybridized carbons (Fsp3) is 0.357. The molecule has 2 N–H and O–H groups in total. The molecule has 0 radical (unpaired) electrons. The molecule has 1 saturated carbocycles. The molecule has 0 aliphatic heterocycles. The van der Waals surface area contributed by atoms with E-state index in [1.165, 1.54) is 18.4 Å². The summed E-state index contributed by atoms with van der Waals surface area (Å²) in [4.78, 5) is 6.95. The van der Waals surface area contributed by atoms with E-state index in [0.717, 1.165) is 17.9 Å². The minimum Gasteiger partial charge on any atom is -0.349 e. The van der Waals surface area contributed by atoms with Crippen molar-refractivity contribution in [2.45, 2.75) is 32.0 Å². The maximum absolute atomic E-state index is 5.61. The van der Waals surface area contributed by atoms with Gasteiger partial charge in [0.2, 0.25) is 0 Å². The number of pyridine rings is 1. The van der Waals surface area contributed by atoms with Gasteiger partial charge in [-0.1, -0.05) is 6.07 Å². The SMILES string of the molecule is NCc1ccc(N(Cc2ccsc2)C2CC2)nc1. The van der Waals surface area contributed by atoms with Crippen molar-refractivity contribution in [3.05, 3.63) is 46.3 Å². The first kappa shape index (κ1) is 11.7. The van der Waals surface area contributed by atoms with Gasteiger partial charge in [0.05, 0.1) is 0 Å². The Morgan fingerprint density at radius 3 is 2.72 bits per heavy atom. The summed E-state index contributed by atoms with van der Waals surface area (Å²) in [5, 5.41) is 4.34. The molecule has 2 aromatic rings. The minimum absolute atomic E-state index is 0.557. The van der Waals surface area contributed by atoms with Crippen LogP contribution in [0.2, 0.25) is 0 Å². The number of aromatic nitrogens is 1. The van der Waals surface area contributed by atoms with Gasteiger partial charge >= 0.3 is 0 Å². The van der Waals surface area contributed by atoms with Gasteiger partial charge < -0.3 is 10.6 Å². The van der Waals surface area contributed by atoms with Crippen molar-refractivity contribution in [2.24, 2.45) is 5.73 Å². The Labute approximate surface area is 111 Å². The smallest absolute Gasteiger partial charge is 0.129 e. The van der Waals surface area contributed by atoms with Crippen molar-refractivity contribution in [2.75, 3.05) is 4.90 Å². The van der Waals surface area contributed by atoms with E-state index in [1.54, 1.807) is 11.3 Å². The Kier molecular flexibility index (Phi) is 3.30. The molecule has 3 nitrogen and oxygen atoms in total. The van der Waals surface area contributed by atoms with E-state index < -0.39 is 0 Å². The highest BCUT2D eigenvalue weighted by atomic mass is 32.1. The molecule has 0 unspecified atom stereocenters. The van der Waals surface area contributed by atoms with E-state index in [-0.39, 0.29) is 0 Å². The van der Waals surface area contributed by atoms with Crippen LogP contribution in [0.5, 0.6) is 0 Å². The lowest BCUT2D eigenvalue weighted by Gasteiger charge is -2.23. The molecule has 18 heavy (non-hydrogen) atoms. The molecular formula is C14H17N3S. The zero-order valence-electron chi connectivity index (χ0n) is 10.2. The average Bonchev–Trinajstić information content (AvgIpc) is 3.13. The van der Waals surface area contributed by atoms with Crippen LogP contribution >= 0.6 is 11.3 Å². The van der Waals surface area contributed by atoms with E-state index in [1.807, 2.05) is 6.20 Å². The Hall–Kier alpha value is -1.39. The number of thiophene rings is 1. The van der Waals surface area contributed by atoms with E-state index in [2.05, 4.69) is 38.8 Å². The molecule has 0 atom stereocenters. The number of hydrogen-bond donors (Lipinski definition) is 1. The molecule has 94 valence electrons. The highest BCUT2D eigenvalue weighted by Crippen LogP contribution is 2.32. The minimum atomic E-state index is 0.557. The predicted molar refractivity (Wildman–Crippen MR) is 75.7 cm³/mol. The third-order valence-corrected chi connectivity index (χ3v) is 3.99. The summed E-state index contributed by atoms with van der Waals surface area (Å²) in [5.74, 6) is 1.07. The van der Waals surface area contributed by atoms with Crippen molar-refractivity contribution in [1.82, 2.24) is 4.98 Å². The lowest BCUT2D eigenvalue weighted by atomic mass is 10.2. The van der Waals surface area contributed by atoms with Crippen molar-refractivity contribution in [3.8, 4) is 0 Å². The van der Waals surface area contributed by atoms with Crippen molar-refractivity contribution >= 4 is 17.2 Å². The standard InChI is InChI=1S/C14H17N3S/c15-7-11-1-4-14(16-8-11)17(13-2-3-13)9-12-5-6-18-10-12/h1,4-6,8,10,13H,2-3,7,9,15H2. The lowest BCUT2D eigenvalue weighted by Crippen LogP contribution is -2.25. The van der Waals surface area contributed by atoms with Crippen LogP contribution in [0, 0.1) is 0 Å². The van der Waals surface area contributed by atoms with Gasteiger partial charge in [-0.15, -0.1) is 0 Å². The number of rotatable bonds is 5. The van der Waals surface area contributed by atoms with Gasteiger partial charge in [0.25, 0.3) is 0 Å². The summed E-state index contributed by atoms with van der Waals surface area (Å²) in [6.45, 7) is 1.52. The van der Waals surface area contributed by atoms with Crippen LogP contribution in [0.25, 0.3) is 0 Å². The zero-order chi connectivity index (χ0) is 12.4. The van der Waals surface area contributed by atoms with Crippen LogP contribution in [0.4, 0.5) is 5.82 Å². The monoisotopic (exact) mass is 259 g/mol. The quantitative estimate of drug-likeness (QED) is 0.897. The average molecular weight is 259 g/mol. The Morgan fingerprint density at radius 2 is 2.17 bits per heavy atom. The lowest BCUT2D eigenvalue weighted by molar-refractivity contribution is 0.779. The first-order valence-electron chi connectivity index (χ1n) is 6.29. The van der Waals surface area contributed by atoms with Gasteiger partial charge in [-0.05, 0) is 46.9 Å². The third kappa shape index (κ3) is 2.54. The first-order valence-corrected chi connectivity index (χ1v) is 7.24. The predicted octanol–water partition coefficient (Wildman–Crippen LogP) is 2.77. The zero-order valence-corrected chi connectivity index (χ0v) is 11.1. The van der Waals surface area contributed by atoms with Gasteiger partial charge in [-0.3, -0.25) is 0 Å². The molecule has 0 aromatic carbocycles. The van der Waals surface area contributed by atoms with E-state index in [0.29, 0.717) is 12.6 Å². The normalized spacial score (nSPS) is 14.7. The second-order valence-electron chi connectivity index (χ2n) is 4.72. The van der Waals surface area contributed by atoms with Gasteiger partial charge in [0, 0.05) is 25.3 Å². The summed E-state index contributed by atoms with van der Waals surface area (Å²) in [5.41, 5.74) is 8.07.